The summed E-state index contributed by atoms with van der Waals surface area (Å²) in [7, 11) is 1.27. The lowest BCUT2D eigenvalue weighted by molar-refractivity contribution is -0.187. The van der Waals surface area contributed by atoms with Crippen LogP contribution in [0.1, 0.15) is 30.4 Å². The van der Waals surface area contributed by atoms with Gasteiger partial charge in [0, 0.05) is 19.4 Å². The summed E-state index contributed by atoms with van der Waals surface area (Å²) in [5.41, 5.74) is 4.38. The summed E-state index contributed by atoms with van der Waals surface area (Å²) in [6.07, 6.45) is -0.741. The fourth-order valence-corrected chi connectivity index (χ4v) is 3.62. The Morgan fingerprint density at radius 2 is 1.69 bits per heavy atom. The topological polar surface area (TPSA) is 105 Å². The molecule has 1 aliphatic carbocycles. The zero-order valence-corrected chi connectivity index (χ0v) is 17.8. The number of rotatable bonds is 8. The van der Waals surface area contributed by atoms with E-state index in [1.807, 2.05) is 48.5 Å². The number of aliphatic carboxylic acids is 1. The Labute approximate surface area is 186 Å². The van der Waals surface area contributed by atoms with Crippen molar-refractivity contribution < 1.29 is 29.1 Å². The zero-order chi connectivity index (χ0) is 23.1. The maximum Gasteiger partial charge on any atom is 0.407 e. The highest BCUT2D eigenvalue weighted by Gasteiger charge is 2.30. The third-order valence-electron chi connectivity index (χ3n) is 5.11. The first-order chi connectivity index (χ1) is 15.4. The monoisotopic (exact) mass is 436 g/mol. The van der Waals surface area contributed by atoms with Gasteiger partial charge in [0.2, 0.25) is 0 Å². The Hall–Kier alpha value is -3.83. The number of carbonyl (C=O) groups excluding carboxylic acids is 2. The molecule has 0 radical (unpaired) electrons. The third kappa shape index (κ3) is 5.25. The molecule has 166 valence electrons. The Morgan fingerprint density at radius 3 is 2.25 bits per heavy atom. The molecule has 0 spiro atoms. The normalized spacial score (nSPS) is 12.6. The van der Waals surface area contributed by atoms with E-state index in [0.29, 0.717) is 0 Å². The van der Waals surface area contributed by atoms with Gasteiger partial charge in [-0.3, -0.25) is 9.63 Å². The van der Waals surface area contributed by atoms with Crippen molar-refractivity contribution in [1.29, 1.82) is 0 Å². The number of carboxylic acid groups (broad SMARTS) is 1. The molecule has 8 nitrogen and oxygen atoms in total. The molecule has 1 atom stereocenters. The second-order valence-corrected chi connectivity index (χ2v) is 7.16. The van der Waals surface area contributed by atoms with Gasteiger partial charge in [0.25, 0.3) is 5.91 Å². The molecule has 2 aromatic rings. The van der Waals surface area contributed by atoms with Gasteiger partial charge in [-0.05, 0) is 29.2 Å². The average Bonchev–Trinajstić information content (AvgIpc) is 3.12. The Kier molecular flexibility index (Phi) is 7.47. The van der Waals surface area contributed by atoms with E-state index >= 15 is 0 Å². The van der Waals surface area contributed by atoms with Crippen LogP contribution < -0.4 is 5.32 Å². The molecule has 0 heterocycles. The second kappa shape index (κ2) is 10.5. The standard InChI is InChI=1S/C24H24N2O6/c1-3-4-13-21(23(29)26(2)32-15-22(27)28)25-24(30)31-14-20-18-11-7-5-9-16(18)17-10-6-8-12-19(17)20/h5-12,20-21H,13-15H2,1-2H3,(H,25,30)(H,27,28). The highest BCUT2D eigenvalue weighted by Crippen LogP contribution is 2.44. The minimum Gasteiger partial charge on any atom is -0.479 e. The largest absolute Gasteiger partial charge is 0.479 e. The number of carboxylic acids is 1. The van der Waals surface area contributed by atoms with Gasteiger partial charge in [0.1, 0.15) is 12.6 Å². The van der Waals surface area contributed by atoms with Crippen molar-refractivity contribution in [3.63, 3.8) is 0 Å². The van der Waals surface area contributed by atoms with Crippen molar-refractivity contribution in [3.8, 4) is 23.0 Å². The van der Waals surface area contributed by atoms with Gasteiger partial charge < -0.3 is 15.2 Å². The van der Waals surface area contributed by atoms with Crippen molar-refractivity contribution in [2.45, 2.75) is 25.3 Å². The first kappa shape index (κ1) is 22.8. The molecule has 2 N–H and O–H groups in total. The number of amides is 2. The van der Waals surface area contributed by atoms with Crippen LogP contribution >= 0.6 is 0 Å². The molecule has 0 bridgehead atoms. The van der Waals surface area contributed by atoms with Gasteiger partial charge in [0.05, 0.1) is 0 Å². The fourth-order valence-electron chi connectivity index (χ4n) is 3.62. The molecule has 32 heavy (non-hydrogen) atoms. The number of benzene rings is 2. The van der Waals surface area contributed by atoms with Gasteiger partial charge in [0.15, 0.2) is 6.61 Å². The van der Waals surface area contributed by atoms with E-state index in [4.69, 9.17) is 14.7 Å². The number of fused-ring (bicyclic) bond motifs is 3. The van der Waals surface area contributed by atoms with Gasteiger partial charge in [-0.15, -0.1) is 11.8 Å². The molecular formula is C24H24N2O6. The van der Waals surface area contributed by atoms with Crippen LogP contribution in [0.5, 0.6) is 0 Å². The smallest absolute Gasteiger partial charge is 0.407 e. The first-order valence-corrected chi connectivity index (χ1v) is 10.1. The molecule has 0 aliphatic heterocycles. The first-order valence-electron chi connectivity index (χ1n) is 10.1. The number of carbonyl (C=O) groups is 3. The Balaban J connectivity index is 1.66. The molecular weight excluding hydrogens is 412 g/mol. The molecule has 2 aromatic carbocycles. The number of nitrogens with one attached hydrogen (secondary N) is 1. The molecule has 8 heteroatoms. The molecule has 0 aromatic heterocycles. The molecule has 3 rings (SSSR count). The van der Waals surface area contributed by atoms with E-state index in [0.717, 1.165) is 27.3 Å². The van der Waals surface area contributed by atoms with Crippen molar-refractivity contribution in [3.05, 3.63) is 59.7 Å². The number of likely N-dealkylation sites (N-methyl/N-ethyl adjacent to an activating group) is 1. The molecule has 0 fully saturated rings. The third-order valence-corrected chi connectivity index (χ3v) is 5.11. The lowest BCUT2D eigenvalue weighted by Crippen LogP contribution is -2.47. The van der Waals surface area contributed by atoms with Crippen LogP contribution in [-0.2, 0) is 19.2 Å². The predicted molar refractivity (Wildman–Crippen MR) is 116 cm³/mol. The van der Waals surface area contributed by atoms with Crippen molar-refractivity contribution in [1.82, 2.24) is 10.4 Å². The van der Waals surface area contributed by atoms with Gasteiger partial charge >= 0.3 is 12.1 Å². The lowest BCUT2D eigenvalue weighted by atomic mass is 9.98. The minimum atomic E-state index is -1.22. The summed E-state index contributed by atoms with van der Waals surface area (Å²) in [5, 5.41) is 12.0. The second-order valence-electron chi connectivity index (χ2n) is 7.16. The van der Waals surface area contributed by atoms with E-state index < -0.39 is 30.6 Å². The number of nitrogens with zero attached hydrogens (tertiary/aromatic N) is 1. The fraction of sp³-hybridized carbons (Fsp3) is 0.292. The summed E-state index contributed by atoms with van der Waals surface area (Å²) in [6, 6.07) is 14.9. The SMILES string of the molecule is CC#CCC(NC(=O)OCC1c2ccccc2-c2ccccc21)C(=O)N(C)OCC(=O)O. The summed E-state index contributed by atoms with van der Waals surface area (Å²) in [6.45, 7) is 1.03. The van der Waals surface area contributed by atoms with E-state index in [2.05, 4.69) is 17.2 Å². The molecule has 1 aliphatic rings. The maximum absolute atomic E-state index is 12.6. The van der Waals surface area contributed by atoms with Crippen LogP contribution in [0.2, 0.25) is 0 Å². The number of hydrogen-bond donors (Lipinski definition) is 2. The van der Waals surface area contributed by atoms with Gasteiger partial charge in [-0.2, -0.15) is 0 Å². The maximum atomic E-state index is 12.6. The molecule has 1 unspecified atom stereocenters. The summed E-state index contributed by atoms with van der Waals surface area (Å²) in [5.74, 6) is 3.43. The van der Waals surface area contributed by atoms with Crippen molar-refractivity contribution in [2.24, 2.45) is 0 Å². The Morgan fingerprint density at radius 1 is 1.09 bits per heavy atom. The number of hydroxylamine groups is 2. The van der Waals surface area contributed by atoms with Crippen LogP contribution in [-0.4, -0.2) is 54.4 Å². The van der Waals surface area contributed by atoms with Crippen LogP contribution in [0.4, 0.5) is 4.79 Å². The molecule has 0 saturated carbocycles. The molecule has 0 saturated heterocycles. The minimum absolute atomic E-state index is 0.0281. The average molecular weight is 436 g/mol. The van der Waals surface area contributed by atoms with Gasteiger partial charge in [-0.1, -0.05) is 48.5 Å². The molecule has 2 amide bonds. The number of ether oxygens (including phenoxy) is 1. The lowest BCUT2D eigenvalue weighted by Gasteiger charge is -2.22. The van der Waals surface area contributed by atoms with E-state index in [9.17, 15) is 14.4 Å². The number of hydrogen-bond acceptors (Lipinski definition) is 5. The highest BCUT2D eigenvalue weighted by atomic mass is 16.7. The van der Waals surface area contributed by atoms with E-state index in [-0.39, 0.29) is 18.9 Å². The predicted octanol–water partition coefficient (Wildman–Crippen LogP) is 2.78. The van der Waals surface area contributed by atoms with Crippen LogP contribution in [0.3, 0.4) is 0 Å². The number of alkyl carbamates (subject to hydrolysis) is 1. The van der Waals surface area contributed by atoms with Crippen molar-refractivity contribution in [2.75, 3.05) is 20.3 Å². The van der Waals surface area contributed by atoms with Crippen LogP contribution in [0.15, 0.2) is 48.5 Å². The Bertz CT molecular complexity index is 1030. The van der Waals surface area contributed by atoms with E-state index in [1.165, 1.54) is 7.05 Å². The van der Waals surface area contributed by atoms with Gasteiger partial charge in [-0.25, -0.2) is 14.7 Å². The summed E-state index contributed by atoms with van der Waals surface area (Å²) >= 11 is 0. The quantitative estimate of drug-likeness (QED) is 0.487. The van der Waals surface area contributed by atoms with Crippen LogP contribution in [0, 0.1) is 11.8 Å². The zero-order valence-electron chi connectivity index (χ0n) is 17.8. The van der Waals surface area contributed by atoms with Crippen LogP contribution in [0.25, 0.3) is 11.1 Å². The van der Waals surface area contributed by atoms with Crippen molar-refractivity contribution >= 4 is 18.0 Å². The summed E-state index contributed by atoms with van der Waals surface area (Å²) < 4.78 is 5.47. The van der Waals surface area contributed by atoms with E-state index in [1.54, 1.807) is 6.92 Å². The summed E-state index contributed by atoms with van der Waals surface area (Å²) in [4.78, 5) is 40.6. The highest BCUT2D eigenvalue weighted by molar-refractivity contribution is 5.85.